The topological polar surface area (TPSA) is 0 Å². The van der Waals surface area contributed by atoms with E-state index in [0.29, 0.717) is 0 Å². The third kappa shape index (κ3) is 3.19. The Morgan fingerprint density at radius 2 is 1.52 bits per heavy atom. The van der Waals surface area contributed by atoms with Crippen molar-refractivity contribution in [2.75, 3.05) is 5.75 Å². The van der Waals surface area contributed by atoms with Crippen LogP contribution in [-0.2, 0) is 12.8 Å². The molecule has 0 radical (unpaired) electrons. The second-order valence-corrected chi connectivity index (χ2v) is 8.21. The first-order valence-electron chi connectivity index (χ1n) is 7.95. The van der Waals surface area contributed by atoms with Crippen LogP contribution in [0.5, 0.6) is 0 Å². The second kappa shape index (κ2) is 6.86. The Hall–Kier alpha value is -1.64. The fourth-order valence-corrected chi connectivity index (χ4v) is 5.41. The summed E-state index contributed by atoms with van der Waals surface area (Å²) >= 11 is 0. The minimum absolute atomic E-state index is 1.08. The van der Waals surface area contributed by atoms with Crippen molar-refractivity contribution in [1.82, 2.24) is 0 Å². The van der Waals surface area contributed by atoms with Crippen LogP contribution in [0.25, 0.3) is 11.1 Å². The fourth-order valence-electron chi connectivity index (χ4n) is 3.12. The molecule has 0 unspecified atom stereocenters. The van der Waals surface area contributed by atoms with E-state index in [-0.39, 0.29) is 0 Å². The molecule has 0 aromatic heterocycles. The summed E-state index contributed by atoms with van der Waals surface area (Å²) in [5, 5.41) is 0. The zero-order chi connectivity index (χ0) is 15.5. The summed E-state index contributed by atoms with van der Waals surface area (Å²) in [6, 6.07) is 26.3. The monoisotopic (exact) mass is 334 g/mol. The van der Waals surface area contributed by atoms with Gasteiger partial charge in [0.05, 0.1) is 0 Å². The SMILES string of the molecule is c1ccc(CCSSc2cccc3c2Cc2ccccc2-3)cc1. The lowest BCUT2D eigenvalue weighted by Gasteiger charge is -2.07. The fraction of sp³-hybridized carbons (Fsp3) is 0.143. The van der Waals surface area contributed by atoms with Gasteiger partial charge in [-0.3, -0.25) is 0 Å². The van der Waals surface area contributed by atoms with E-state index in [9.17, 15) is 0 Å². The standard InChI is InChI=1S/C21H18S2/c1-2-7-16(8-3-1)13-14-22-23-21-12-6-11-19-18-10-5-4-9-17(18)15-20(19)21/h1-12H,13-15H2. The van der Waals surface area contributed by atoms with E-state index in [2.05, 4.69) is 72.8 Å². The van der Waals surface area contributed by atoms with Gasteiger partial charge >= 0.3 is 0 Å². The lowest BCUT2D eigenvalue weighted by Crippen LogP contribution is -1.87. The van der Waals surface area contributed by atoms with Crippen LogP contribution in [-0.4, -0.2) is 5.75 Å². The maximum atomic E-state index is 2.27. The largest absolute Gasteiger partial charge is 0.0886 e. The zero-order valence-corrected chi connectivity index (χ0v) is 14.5. The van der Waals surface area contributed by atoms with Gasteiger partial charge in [0.1, 0.15) is 0 Å². The molecular formula is C21H18S2. The van der Waals surface area contributed by atoms with Crippen LogP contribution < -0.4 is 0 Å². The van der Waals surface area contributed by atoms with Crippen LogP contribution in [0.2, 0.25) is 0 Å². The summed E-state index contributed by atoms with van der Waals surface area (Å²) < 4.78 is 0. The molecule has 0 heterocycles. The Morgan fingerprint density at radius 3 is 2.43 bits per heavy atom. The smallest absolute Gasteiger partial charge is 0.0224 e. The molecule has 3 aromatic rings. The zero-order valence-electron chi connectivity index (χ0n) is 12.9. The molecule has 2 heteroatoms. The van der Waals surface area contributed by atoms with Gasteiger partial charge in [0.2, 0.25) is 0 Å². The Kier molecular flexibility index (Phi) is 4.45. The Morgan fingerprint density at radius 1 is 0.739 bits per heavy atom. The van der Waals surface area contributed by atoms with Crippen molar-refractivity contribution in [2.24, 2.45) is 0 Å². The molecule has 3 aromatic carbocycles. The molecule has 0 nitrogen and oxygen atoms in total. The van der Waals surface area contributed by atoms with E-state index in [1.165, 1.54) is 32.7 Å². The van der Waals surface area contributed by atoms with Crippen molar-refractivity contribution in [2.45, 2.75) is 17.7 Å². The minimum Gasteiger partial charge on any atom is -0.0886 e. The van der Waals surface area contributed by atoms with Crippen LogP contribution in [0, 0.1) is 0 Å². The molecule has 0 amide bonds. The van der Waals surface area contributed by atoms with E-state index < -0.39 is 0 Å². The first kappa shape index (κ1) is 14.9. The Bertz CT molecular complexity index is 809. The molecule has 0 fully saturated rings. The molecule has 1 aliphatic rings. The Labute approximate surface area is 145 Å². The van der Waals surface area contributed by atoms with Gasteiger partial charge in [-0.1, -0.05) is 88.3 Å². The molecule has 4 rings (SSSR count). The summed E-state index contributed by atoms with van der Waals surface area (Å²) in [6.45, 7) is 0. The normalized spacial score (nSPS) is 12.0. The molecule has 23 heavy (non-hydrogen) atoms. The first-order valence-corrected chi connectivity index (χ1v) is 10.3. The summed E-state index contributed by atoms with van der Waals surface area (Å²) in [7, 11) is 3.89. The molecule has 0 saturated carbocycles. The van der Waals surface area contributed by atoms with Gasteiger partial charge in [-0.15, -0.1) is 0 Å². The summed E-state index contributed by atoms with van der Waals surface area (Å²) in [5.41, 5.74) is 7.23. The number of benzene rings is 3. The van der Waals surface area contributed by atoms with E-state index in [1.807, 2.05) is 21.6 Å². The van der Waals surface area contributed by atoms with Crippen LogP contribution in [0.1, 0.15) is 16.7 Å². The van der Waals surface area contributed by atoms with Gasteiger partial charge in [0.15, 0.2) is 0 Å². The average molecular weight is 335 g/mol. The highest BCUT2D eigenvalue weighted by atomic mass is 33.1. The maximum Gasteiger partial charge on any atom is 0.0224 e. The van der Waals surface area contributed by atoms with E-state index >= 15 is 0 Å². The minimum atomic E-state index is 1.08. The van der Waals surface area contributed by atoms with Gasteiger partial charge in [-0.2, -0.15) is 0 Å². The number of rotatable bonds is 5. The molecule has 0 bridgehead atoms. The van der Waals surface area contributed by atoms with Crippen molar-refractivity contribution < 1.29 is 0 Å². The summed E-state index contributed by atoms with van der Waals surface area (Å²) in [6.07, 6.45) is 2.21. The third-order valence-electron chi connectivity index (χ3n) is 4.27. The van der Waals surface area contributed by atoms with Crippen molar-refractivity contribution in [1.29, 1.82) is 0 Å². The average Bonchev–Trinajstić information content (AvgIpc) is 2.99. The number of aryl methyl sites for hydroxylation is 1. The third-order valence-corrected chi connectivity index (χ3v) is 6.72. The molecule has 1 aliphatic carbocycles. The van der Waals surface area contributed by atoms with Gasteiger partial charge < -0.3 is 0 Å². The van der Waals surface area contributed by atoms with Crippen molar-refractivity contribution in [3.8, 4) is 11.1 Å². The lowest BCUT2D eigenvalue weighted by molar-refractivity contribution is 1.16. The van der Waals surface area contributed by atoms with Gasteiger partial charge in [0, 0.05) is 10.6 Å². The summed E-state index contributed by atoms with van der Waals surface area (Å²) in [4.78, 5) is 1.43. The van der Waals surface area contributed by atoms with Crippen LogP contribution >= 0.6 is 21.6 Å². The van der Waals surface area contributed by atoms with E-state index in [0.717, 1.165) is 18.6 Å². The Balaban J connectivity index is 1.43. The van der Waals surface area contributed by atoms with Gasteiger partial charge in [-0.05, 0) is 46.7 Å². The first-order chi connectivity index (χ1) is 11.4. The second-order valence-electron chi connectivity index (χ2n) is 5.76. The highest BCUT2D eigenvalue weighted by molar-refractivity contribution is 8.76. The van der Waals surface area contributed by atoms with Crippen LogP contribution in [0.4, 0.5) is 0 Å². The molecule has 0 N–H and O–H groups in total. The quantitative estimate of drug-likeness (QED) is 0.313. The van der Waals surface area contributed by atoms with E-state index in [1.54, 1.807) is 0 Å². The molecule has 114 valence electrons. The number of hydrogen-bond acceptors (Lipinski definition) is 2. The van der Waals surface area contributed by atoms with Gasteiger partial charge in [-0.25, -0.2) is 0 Å². The van der Waals surface area contributed by atoms with Gasteiger partial charge in [0.25, 0.3) is 0 Å². The van der Waals surface area contributed by atoms with Crippen molar-refractivity contribution >= 4 is 21.6 Å². The predicted octanol–water partition coefficient (Wildman–Crippen LogP) is 6.24. The van der Waals surface area contributed by atoms with E-state index in [4.69, 9.17) is 0 Å². The highest BCUT2D eigenvalue weighted by Crippen LogP contribution is 2.43. The lowest BCUT2D eigenvalue weighted by atomic mass is 10.1. The maximum absolute atomic E-state index is 2.27. The van der Waals surface area contributed by atoms with Crippen LogP contribution in [0.15, 0.2) is 77.7 Å². The highest BCUT2D eigenvalue weighted by Gasteiger charge is 2.20. The number of hydrogen-bond donors (Lipinski definition) is 0. The molecule has 0 saturated heterocycles. The van der Waals surface area contributed by atoms with Crippen molar-refractivity contribution in [3.05, 3.63) is 89.5 Å². The molecule has 0 spiro atoms. The van der Waals surface area contributed by atoms with Crippen molar-refractivity contribution in [3.63, 3.8) is 0 Å². The van der Waals surface area contributed by atoms with Crippen LogP contribution in [0.3, 0.4) is 0 Å². The molecular weight excluding hydrogens is 316 g/mol. The summed E-state index contributed by atoms with van der Waals surface area (Å²) in [5.74, 6) is 1.14. The predicted molar refractivity (Wildman–Crippen MR) is 103 cm³/mol. The molecule has 0 aliphatic heterocycles. The molecule has 0 atom stereocenters. The number of fused-ring (bicyclic) bond motifs is 3.